The van der Waals surface area contributed by atoms with Gasteiger partial charge < -0.3 is 20.1 Å². The topological polar surface area (TPSA) is 95.9 Å². The lowest BCUT2D eigenvalue weighted by molar-refractivity contribution is -0.146. The summed E-state index contributed by atoms with van der Waals surface area (Å²) in [6, 6.07) is -0.693. The number of hydrogen-bond acceptors (Lipinski definition) is 4. The standard InChI is InChI=1S/C14H24N2O5/c1-9(15-13(20)21-14(2,3)4)11(17)16-7-5-10(6-8-16)12(18)19/h9-10H,5-8H2,1-4H3,(H,15,20)(H,18,19). The molecule has 2 N–H and O–H groups in total. The summed E-state index contributed by atoms with van der Waals surface area (Å²) in [7, 11) is 0. The summed E-state index contributed by atoms with van der Waals surface area (Å²) < 4.78 is 5.10. The van der Waals surface area contributed by atoms with Crippen LogP contribution in [0.15, 0.2) is 0 Å². The monoisotopic (exact) mass is 300 g/mol. The van der Waals surface area contributed by atoms with E-state index in [0.717, 1.165) is 0 Å². The average Bonchev–Trinajstić information content (AvgIpc) is 2.35. The fourth-order valence-corrected chi connectivity index (χ4v) is 2.17. The second-order valence-corrected chi connectivity index (χ2v) is 6.31. The first-order valence-electron chi connectivity index (χ1n) is 7.11. The number of alkyl carbamates (subject to hydrolysis) is 1. The third-order valence-electron chi connectivity index (χ3n) is 3.26. The van der Waals surface area contributed by atoms with Crippen LogP contribution in [0.25, 0.3) is 0 Å². The van der Waals surface area contributed by atoms with Gasteiger partial charge in [-0.1, -0.05) is 0 Å². The van der Waals surface area contributed by atoms with Gasteiger partial charge in [-0.05, 0) is 40.5 Å². The number of carbonyl (C=O) groups excluding carboxylic acids is 2. The van der Waals surface area contributed by atoms with E-state index in [9.17, 15) is 14.4 Å². The number of aliphatic carboxylic acids is 1. The van der Waals surface area contributed by atoms with E-state index in [1.165, 1.54) is 0 Å². The molecule has 1 atom stereocenters. The molecule has 7 nitrogen and oxygen atoms in total. The van der Waals surface area contributed by atoms with Crippen LogP contribution in [-0.2, 0) is 14.3 Å². The number of nitrogens with one attached hydrogen (secondary N) is 1. The van der Waals surface area contributed by atoms with Gasteiger partial charge in [-0.3, -0.25) is 9.59 Å². The molecule has 0 radical (unpaired) electrons. The Morgan fingerprint density at radius 3 is 2.19 bits per heavy atom. The number of nitrogens with zero attached hydrogens (tertiary/aromatic N) is 1. The molecule has 1 aliphatic rings. The van der Waals surface area contributed by atoms with Crippen LogP contribution in [0.3, 0.4) is 0 Å². The van der Waals surface area contributed by atoms with Gasteiger partial charge in [-0.25, -0.2) is 4.79 Å². The normalized spacial score (nSPS) is 18.0. The van der Waals surface area contributed by atoms with Crippen LogP contribution in [0.2, 0.25) is 0 Å². The Kier molecular flexibility index (Phi) is 5.57. The molecule has 1 saturated heterocycles. The molecule has 0 aliphatic carbocycles. The van der Waals surface area contributed by atoms with Gasteiger partial charge in [0.15, 0.2) is 0 Å². The fraction of sp³-hybridized carbons (Fsp3) is 0.786. The van der Waals surface area contributed by atoms with Crippen molar-refractivity contribution in [2.24, 2.45) is 5.92 Å². The van der Waals surface area contributed by atoms with Gasteiger partial charge in [0, 0.05) is 13.1 Å². The van der Waals surface area contributed by atoms with Gasteiger partial charge in [0.1, 0.15) is 11.6 Å². The van der Waals surface area contributed by atoms with Crippen molar-refractivity contribution < 1.29 is 24.2 Å². The highest BCUT2D eigenvalue weighted by Gasteiger charge is 2.30. The number of carboxylic acids is 1. The molecule has 1 fully saturated rings. The Balaban J connectivity index is 2.45. The predicted molar refractivity (Wildman–Crippen MR) is 75.8 cm³/mol. The second kappa shape index (κ2) is 6.78. The molecule has 120 valence electrons. The minimum Gasteiger partial charge on any atom is -0.481 e. The Morgan fingerprint density at radius 2 is 1.76 bits per heavy atom. The van der Waals surface area contributed by atoms with Crippen molar-refractivity contribution in [1.29, 1.82) is 0 Å². The molecule has 1 heterocycles. The van der Waals surface area contributed by atoms with Crippen molar-refractivity contribution in [3.05, 3.63) is 0 Å². The molecule has 7 heteroatoms. The highest BCUT2D eigenvalue weighted by Crippen LogP contribution is 2.18. The summed E-state index contributed by atoms with van der Waals surface area (Å²) in [5, 5.41) is 11.4. The molecule has 1 unspecified atom stereocenters. The number of piperidine rings is 1. The Morgan fingerprint density at radius 1 is 1.24 bits per heavy atom. The van der Waals surface area contributed by atoms with Crippen LogP contribution in [-0.4, -0.2) is 52.7 Å². The molecule has 0 bridgehead atoms. The summed E-state index contributed by atoms with van der Waals surface area (Å²) in [6.45, 7) is 7.63. The third-order valence-corrected chi connectivity index (χ3v) is 3.26. The van der Waals surface area contributed by atoms with E-state index < -0.39 is 23.7 Å². The summed E-state index contributed by atoms with van der Waals surface area (Å²) in [5.41, 5.74) is -0.618. The van der Waals surface area contributed by atoms with E-state index >= 15 is 0 Å². The number of amides is 2. The lowest BCUT2D eigenvalue weighted by Gasteiger charge is -2.32. The lowest BCUT2D eigenvalue weighted by Crippen LogP contribution is -2.50. The number of likely N-dealkylation sites (tertiary alicyclic amines) is 1. The lowest BCUT2D eigenvalue weighted by atomic mass is 9.97. The quantitative estimate of drug-likeness (QED) is 0.817. The van der Waals surface area contributed by atoms with Crippen molar-refractivity contribution in [2.45, 2.75) is 52.2 Å². The Labute approximate surface area is 124 Å². The van der Waals surface area contributed by atoms with Crippen LogP contribution in [0.1, 0.15) is 40.5 Å². The van der Waals surface area contributed by atoms with E-state index in [4.69, 9.17) is 9.84 Å². The highest BCUT2D eigenvalue weighted by molar-refractivity contribution is 5.85. The van der Waals surface area contributed by atoms with Crippen molar-refractivity contribution in [3.8, 4) is 0 Å². The number of ether oxygens (including phenoxy) is 1. The SMILES string of the molecule is CC(NC(=O)OC(C)(C)C)C(=O)N1CCC(C(=O)O)CC1. The molecule has 0 aromatic rings. The van der Waals surface area contributed by atoms with E-state index in [1.807, 2.05) is 0 Å². The van der Waals surface area contributed by atoms with Gasteiger partial charge >= 0.3 is 12.1 Å². The Hall–Kier alpha value is -1.79. The zero-order chi connectivity index (χ0) is 16.2. The zero-order valence-electron chi connectivity index (χ0n) is 13.0. The molecule has 0 aromatic heterocycles. The van der Waals surface area contributed by atoms with E-state index in [-0.39, 0.29) is 11.8 Å². The first-order valence-corrected chi connectivity index (χ1v) is 7.11. The molecule has 0 saturated carbocycles. The third kappa shape index (κ3) is 5.61. The van der Waals surface area contributed by atoms with Gasteiger partial charge in [-0.2, -0.15) is 0 Å². The first-order chi connectivity index (χ1) is 9.60. The van der Waals surface area contributed by atoms with Crippen LogP contribution >= 0.6 is 0 Å². The number of carbonyl (C=O) groups is 3. The van der Waals surface area contributed by atoms with E-state index in [2.05, 4.69) is 5.32 Å². The summed E-state index contributed by atoms with van der Waals surface area (Å²) in [6.07, 6.45) is 0.254. The number of hydrogen-bond donors (Lipinski definition) is 2. The van der Waals surface area contributed by atoms with Gasteiger partial charge in [-0.15, -0.1) is 0 Å². The number of carboxylic acid groups (broad SMARTS) is 1. The first kappa shape index (κ1) is 17.3. The molecule has 0 spiro atoms. The maximum Gasteiger partial charge on any atom is 0.408 e. The van der Waals surface area contributed by atoms with Crippen molar-refractivity contribution in [2.75, 3.05) is 13.1 Å². The van der Waals surface area contributed by atoms with E-state index in [1.54, 1.807) is 32.6 Å². The smallest absolute Gasteiger partial charge is 0.408 e. The summed E-state index contributed by atoms with van der Waals surface area (Å²) in [5.74, 6) is -1.42. The Bertz CT molecular complexity index is 408. The summed E-state index contributed by atoms with van der Waals surface area (Å²) >= 11 is 0. The van der Waals surface area contributed by atoms with E-state index in [0.29, 0.717) is 25.9 Å². The van der Waals surface area contributed by atoms with Crippen LogP contribution in [0.4, 0.5) is 4.79 Å². The second-order valence-electron chi connectivity index (χ2n) is 6.31. The molecular formula is C14H24N2O5. The highest BCUT2D eigenvalue weighted by atomic mass is 16.6. The minimum absolute atomic E-state index is 0.218. The largest absolute Gasteiger partial charge is 0.481 e. The molecule has 0 aromatic carbocycles. The minimum atomic E-state index is -0.818. The molecule has 1 aliphatic heterocycles. The predicted octanol–water partition coefficient (Wildman–Crippen LogP) is 1.22. The van der Waals surface area contributed by atoms with Gasteiger partial charge in [0.25, 0.3) is 0 Å². The molecule has 2 amide bonds. The summed E-state index contributed by atoms with van der Waals surface area (Å²) in [4.78, 5) is 36.3. The number of rotatable bonds is 3. The van der Waals surface area contributed by atoms with Crippen molar-refractivity contribution >= 4 is 18.0 Å². The average molecular weight is 300 g/mol. The van der Waals surface area contributed by atoms with Crippen molar-refractivity contribution in [3.63, 3.8) is 0 Å². The van der Waals surface area contributed by atoms with Gasteiger partial charge in [0.05, 0.1) is 5.92 Å². The van der Waals surface area contributed by atoms with Crippen LogP contribution in [0, 0.1) is 5.92 Å². The van der Waals surface area contributed by atoms with Crippen LogP contribution < -0.4 is 5.32 Å². The zero-order valence-corrected chi connectivity index (χ0v) is 13.0. The van der Waals surface area contributed by atoms with Gasteiger partial charge in [0.2, 0.25) is 5.91 Å². The molecule has 21 heavy (non-hydrogen) atoms. The fourth-order valence-electron chi connectivity index (χ4n) is 2.17. The maximum absolute atomic E-state index is 12.2. The molecule has 1 rings (SSSR count). The maximum atomic E-state index is 12.2. The van der Waals surface area contributed by atoms with Crippen molar-refractivity contribution in [1.82, 2.24) is 10.2 Å². The van der Waals surface area contributed by atoms with Crippen LogP contribution in [0.5, 0.6) is 0 Å². The molecular weight excluding hydrogens is 276 g/mol.